The van der Waals surface area contributed by atoms with Gasteiger partial charge in [-0.1, -0.05) is 12.1 Å². The molecule has 0 unspecified atom stereocenters. The minimum absolute atomic E-state index is 0.0913. The summed E-state index contributed by atoms with van der Waals surface area (Å²) in [5, 5.41) is 20.0. The molecule has 0 saturated carbocycles. The monoisotopic (exact) mass is 221 g/mol. The van der Waals surface area contributed by atoms with E-state index >= 15 is 0 Å². The summed E-state index contributed by atoms with van der Waals surface area (Å²) in [6.07, 6.45) is 1.31. The zero-order chi connectivity index (χ0) is 12.1. The summed E-state index contributed by atoms with van der Waals surface area (Å²) in [6.45, 7) is 1.23. The average Bonchev–Trinajstić information content (AvgIpc) is 2.19. The summed E-state index contributed by atoms with van der Waals surface area (Å²) >= 11 is 0. The first-order valence-electron chi connectivity index (χ1n) is 4.50. The number of hydrogen-bond acceptors (Lipinski definition) is 3. The molecule has 84 valence electrons. The standard InChI is InChI=1S/C11H11NO4/c1-7(13)12-10(11(15)16)6-8-2-4-9(14)5-3-8/h2-6,14H,1H3,(H,12,13)(H,15,16)/b10-6+. The number of rotatable bonds is 3. The van der Waals surface area contributed by atoms with Crippen molar-refractivity contribution >= 4 is 18.0 Å². The fourth-order valence-electron chi connectivity index (χ4n) is 1.08. The molecule has 0 aliphatic rings. The maximum atomic E-state index is 10.8. The Bertz CT molecular complexity index is 434. The maximum Gasteiger partial charge on any atom is 0.352 e. The number of carboxylic acid groups (broad SMARTS) is 1. The Morgan fingerprint density at radius 1 is 1.25 bits per heavy atom. The first-order chi connectivity index (χ1) is 7.49. The minimum atomic E-state index is -1.22. The molecule has 5 nitrogen and oxygen atoms in total. The molecular weight excluding hydrogens is 210 g/mol. The molecule has 0 atom stereocenters. The highest BCUT2D eigenvalue weighted by Gasteiger charge is 2.08. The van der Waals surface area contributed by atoms with Crippen LogP contribution in [0.1, 0.15) is 12.5 Å². The lowest BCUT2D eigenvalue weighted by molar-refractivity contribution is -0.134. The van der Waals surface area contributed by atoms with Crippen LogP contribution in [0, 0.1) is 0 Å². The molecule has 16 heavy (non-hydrogen) atoms. The van der Waals surface area contributed by atoms with Crippen LogP contribution >= 0.6 is 0 Å². The zero-order valence-corrected chi connectivity index (χ0v) is 8.60. The Kier molecular flexibility index (Phi) is 3.66. The van der Waals surface area contributed by atoms with E-state index in [0.29, 0.717) is 5.56 Å². The molecule has 0 bridgehead atoms. The van der Waals surface area contributed by atoms with E-state index in [9.17, 15) is 9.59 Å². The summed E-state index contributed by atoms with van der Waals surface area (Å²) in [4.78, 5) is 21.5. The van der Waals surface area contributed by atoms with Crippen molar-refractivity contribution < 1.29 is 19.8 Å². The number of nitrogens with one attached hydrogen (secondary N) is 1. The molecule has 0 aliphatic carbocycles. The van der Waals surface area contributed by atoms with Gasteiger partial charge in [-0.25, -0.2) is 4.79 Å². The van der Waals surface area contributed by atoms with E-state index in [1.165, 1.54) is 25.1 Å². The van der Waals surface area contributed by atoms with Crippen LogP contribution in [-0.4, -0.2) is 22.1 Å². The van der Waals surface area contributed by atoms with E-state index in [1.807, 2.05) is 0 Å². The van der Waals surface area contributed by atoms with Gasteiger partial charge in [-0.05, 0) is 23.8 Å². The first kappa shape index (κ1) is 11.8. The average molecular weight is 221 g/mol. The fourth-order valence-corrected chi connectivity index (χ4v) is 1.08. The molecule has 0 aromatic heterocycles. The SMILES string of the molecule is CC(=O)N/C(=C/c1ccc(O)cc1)C(=O)O. The summed E-state index contributed by atoms with van der Waals surface area (Å²) in [5.74, 6) is -1.58. The second kappa shape index (κ2) is 4.97. The van der Waals surface area contributed by atoms with E-state index in [1.54, 1.807) is 12.1 Å². The summed E-state index contributed by atoms with van der Waals surface area (Å²) in [7, 11) is 0. The van der Waals surface area contributed by atoms with Crippen molar-refractivity contribution in [3.8, 4) is 5.75 Å². The van der Waals surface area contributed by atoms with Gasteiger partial charge in [0, 0.05) is 6.92 Å². The van der Waals surface area contributed by atoms with Crippen molar-refractivity contribution in [3.05, 3.63) is 35.5 Å². The summed E-state index contributed by atoms with van der Waals surface area (Å²) in [6, 6.07) is 5.94. The smallest absolute Gasteiger partial charge is 0.352 e. The number of hydrogen-bond donors (Lipinski definition) is 3. The van der Waals surface area contributed by atoms with Crippen molar-refractivity contribution in [1.29, 1.82) is 0 Å². The Morgan fingerprint density at radius 3 is 2.25 bits per heavy atom. The highest BCUT2D eigenvalue weighted by atomic mass is 16.4. The molecule has 0 spiro atoms. The van der Waals surface area contributed by atoms with Gasteiger partial charge < -0.3 is 15.5 Å². The summed E-state index contributed by atoms with van der Waals surface area (Å²) in [5.41, 5.74) is 0.363. The largest absolute Gasteiger partial charge is 0.508 e. The van der Waals surface area contributed by atoms with Gasteiger partial charge in [0.25, 0.3) is 0 Å². The van der Waals surface area contributed by atoms with Gasteiger partial charge in [0.15, 0.2) is 0 Å². The maximum absolute atomic E-state index is 10.8. The number of carbonyl (C=O) groups is 2. The lowest BCUT2D eigenvalue weighted by Crippen LogP contribution is -2.24. The predicted molar refractivity (Wildman–Crippen MR) is 57.5 cm³/mol. The molecule has 0 fully saturated rings. The van der Waals surface area contributed by atoms with Crippen LogP contribution in [0.3, 0.4) is 0 Å². The lowest BCUT2D eigenvalue weighted by Gasteiger charge is -2.02. The molecule has 3 N–H and O–H groups in total. The van der Waals surface area contributed by atoms with Crippen molar-refractivity contribution in [2.24, 2.45) is 0 Å². The number of aliphatic carboxylic acids is 1. The van der Waals surface area contributed by atoms with Crippen LogP contribution in [0.2, 0.25) is 0 Å². The lowest BCUT2D eigenvalue weighted by atomic mass is 10.2. The molecule has 1 aromatic carbocycles. The quantitative estimate of drug-likeness (QED) is 0.663. The van der Waals surface area contributed by atoms with Crippen LogP contribution in [0.4, 0.5) is 0 Å². The van der Waals surface area contributed by atoms with E-state index in [2.05, 4.69) is 5.32 Å². The number of carboxylic acids is 1. The Hall–Kier alpha value is -2.30. The van der Waals surface area contributed by atoms with Gasteiger partial charge in [-0.2, -0.15) is 0 Å². The molecule has 0 aliphatic heterocycles. The highest BCUT2D eigenvalue weighted by molar-refractivity contribution is 5.96. The van der Waals surface area contributed by atoms with Crippen LogP contribution in [0.15, 0.2) is 30.0 Å². The number of phenolic OH excluding ortho intramolecular Hbond substituents is 1. The minimum Gasteiger partial charge on any atom is -0.508 e. The Balaban J connectivity index is 2.97. The normalized spacial score (nSPS) is 10.9. The van der Waals surface area contributed by atoms with Crippen molar-refractivity contribution in [1.82, 2.24) is 5.32 Å². The second-order valence-corrected chi connectivity index (χ2v) is 3.14. The molecule has 1 aromatic rings. The molecule has 0 radical (unpaired) electrons. The third-order valence-electron chi connectivity index (χ3n) is 1.75. The number of benzene rings is 1. The third kappa shape index (κ3) is 3.45. The van der Waals surface area contributed by atoms with Gasteiger partial charge in [-0.3, -0.25) is 4.79 Å². The predicted octanol–water partition coefficient (Wildman–Crippen LogP) is 0.954. The summed E-state index contributed by atoms with van der Waals surface area (Å²) < 4.78 is 0. The topological polar surface area (TPSA) is 86.6 Å². The second-order valence-electron chi connectivity index (χ2n) is 3.14. The van der Waals surface area contributed by atoms with Gasteiger partial charge >= 0.3 is 5.97 Å². The molecule has 0 heterocycles. The third-order valence-corrected chi connectivity index (χ3v) is 1.75. The van der Waals surface area contributed by atoms with Crippen molar-refractivity contribution in [2.45, 2.75) is 6.92 Å². The van der Waals surface area contributed by atoms with E-state index in [0.717, 1.165) is 0 Å². The van der Waals surface area contributed by atoms with E-state index in [-0.39, 0.29) is 11.4 Å². The van der Waals surface area contributed by atoms with Crippen molar-refractivity contribution in [2.75, 3.05) is 0 Å². The van der Waals surface area contributed by atoms with Crippen LogP contribution in [0.25, 0.3) is 6.08 Å². The van der Waals surface area contributed by atoms with E-state index in [4.69, 9.17) is 10.2 Å². The van der Waals surface area contributed by atoms with Gasteiger partial charge in [0.2, 0.25) is 5.91 Å². The van der Waals surface area contributed by atoms with Gasteiger partial charge in [-0.15, -0.1) is 0 Å². The van der Waals surface area contributed by atoms with Crippen molar-refractivity contribution in [3.63, 3.8) is 0 Å². The van der Waals surface area contributed by atoms with Gasteiger partial charge in [0.05, 0.1) is 0 Å². The molecular formula is C11H11NO4. The van der Waals surface area contributed by atoms with Crippen LogP contribution in [0.5, 0.6) is 5.75 Å². The zero-order valence-electron chi connectivity index (χ0n) is 8.60. The number of carbonyl (C=O) groups excluding carboxylic acids is 1. The first-order valence-corrected chi connectivity index (χ1v) is 4.50. The molecule has 1 amide bonds. The molecule has 1 rings (SSSR count). The molecule has 0 saturated heterocycles. The fraction of sp³-hybridized carbons (Fsp3) is 0.0909. The van der Waals surface area contributed by atoms with Crippen LogP contribution < -0.4 is 5.32 Å². The Labute approximate surface area is 92.0 Å². The highest BCUT2D eigenvalue weighted by Crippen LogP contribution is 2.12. The number of aromatic hydroxyl groups is 1. The van der Waals surface area contributed by atoms with Gasteiger partial charge in [0.1, 0.15) is 11.4 Å². The number of phenols is 1. The number of amides is 1. The van der Waals surface area contributed by atoms with Crippen LogP contribution in [-0.2, 0) is 9.59 Å². The molecule has 5 heteroatoms. The van der Waals surface area contributed by atoms with E-state index < -0.39 is 11.9 Å². The Morgan fingerprint density at radius 2 is 1.81 bits per heavy atom.